The molecular weight excluding hydrogens is 329 g/mol. The van der Waals surface area contributed by atoms with Crippen molar-refractivity contribution in [1.82, 2.24) is 9.55 Å². The van der Waals surface area contributed by atoms with Crippen LogP contribution >= 0.6 is 27.5 Å². The Labute approximate surface area is 116 Å². The minimum atomic E-state index is -0.636. The van der Waals surface area contributed by atoms with Crippen LogP contribution in [-0.4, -0.2) is 37.8 Å². The van der Waals surface area contributed by atoms with Crippen LogP contribution in [0.2, 0.25) is 0 Å². The molecule has 0 bridgehead atoms. The summed E-state index contributed by atoms with van der Waals surface area (Å²) in [5.41, 5.74) is 0. The van der Waals surface area contributed by atoms with E-state index in [1.807, 2.05) is 0 Å². The van der Waals surface area contributed by atoms with Gasteiger partial charge in [0.05, 0.1) is 5.88 Å². The van der Waals surface area contributed by atoms with E-state index in [9.17, 15) is 14.9 Å². The maximum atomic E-state index is 11.1. The smallest absolute Gasteiger partial charge is 0.342 e. The highest BCUT2D eigenvalue weighted by molar-refractivity contribution is 9.09. The molecule has 0 amide bonds. The molecule has 0 aromatic carbocycles. The van der Waals surface area contributed by atoms with E-state index in [1.54, 1.807) is 6.92 Å². The largest absolute Gasteiger partial charge is 0.456 e. The number of halogens is 2. The summed E-state index contributed by atoms with van der Waals surface area (Å²) in [6.07, 6.45) is 0.524. The lowest BCUT2D eigenvalue weighted by atomic mass is 10.4. The van der Waals surface area contributed by atoms with Gasteiger partial charge in [0, 0.05) is 6.92 Å². The molecule has 1 heterocycles. The number of nitrogens with zero attached hydrogens (tertiary/aromatic N) is 3. The molecule has 0 aliphatic heterocycles. The fourth-order valence-electron chi connectivity index (χ4n) is 1.37. The van der Waals surface area contributed by atoms with Crippen LogP contribution in [0.15, 0.2) is 6.20 Å². The minimum absolute atomic E-state index is 0.0470. The van der Waals surface area contributed by atoms with Crippen molar-refractivity contribution < 1.29 is 14.5 Å². The summed E-state index contributed by atoms with van der Waals surface area (Å²) >= 11 is 8.63. The standard InChI is InChI=1S/C9H11BrClN3O4/c1-6-12-4-8(14(16)17)13(6)5-7(3-11)18-9(15)2-10/h4,7H,2-3,5H2,1H3. The Bertz CT molecular complexity index is 451. The van der Waals surface area contributed by atoms with Crippen molar-refractivity contribution in [2.24, 2.45) is 0 Å². The Balaban J connectivity index is 2.84. The number of aryl methyl sites for hydroxylation is 1. The Morgan fingerprint density at radius 3 is 2.94 bits per heavy atom. The molecule has 1 aromatic heterocycles. The summed E-state index contributed by atoms with van der Waals surface area (Å²) in [4.78, 5) is 25.2. The monoisotopic (exact) mass is 339 g/mol. The Hall–Kier alpha value is -1.15. The molecule has 1 unspecified atom stereocenters. The normalized spacial score (nSPS) is 12.2. The molecule has 1 aromatic rings. The van der Waals surface area contributed by atoms with E-state index in [1.165, 1.54) is 4.57 Å². The van der Waals surface area contributed by atoms with E-state index in [2.05, 4.69) is 20.9 Å². The average molecular weight is 341 g/mol. The van der Waals surface area contributed by atoms with Gasteiger partial charge in [0.15, 0.2) is 11.9 Å². The molecule has 0 aliphatic carbocycles. The third-order valence-corrected chi connectivity index (χ3v) is 2.99. The summed E-state index contributed by atoms with van der Waals surface area (Å²) in [6, 6.07) is 0. The van der Waals surface area contributed by atoms with Crippen molar-refractivity contribution in [1.29, 1.82) is 0 Å². The van der Waals surface area contributed by atoms with E-state index < -0.39 is 17.0 Å². The predicted octanol–water partition coefficient (Wildman–Crippen LogP) is 1.65. The zero-order chi connectivity index (χ0) is 13.7. The molecule has 9 heteroatoms. The van der Waals surface area contributed by atoms with Crippen molar-refractivity contribution in [3.63, 3.8) is 0 Å². The van der Waals surface area contributed by atoms with E-state index >= 15 is 0 Å². The number of nitro groups is 1. The van der Waals surface area contributed by atoms with Crippen molar-refractivity contribution in [3.8, 4) is 0 Å². The van der Waals surface area contributed by atoms with Gasteiger partial charge in [0.25, 0.3) is 0 Å². The zero-order valence-electron chi connectivity index (χ0n) is 9.51. The topological polar surface area (TPSA) is 87.3 Å². The van der Waals surface area contributed by atoms with Crippen LogP contribution in [0.5, 0.6) is 0 Å². The van der Waals surface area contributed by atoms with Gasteiger partial charge in [-0.25, -0.2) is 9.55 Å². The van der Waals surface area contributed by atoms with Gasteiger partial charge in [-0.15, -0.1) is 11.6 Å². The van der Waals surface area contributed by atoms with Crippen LogP contribution in [0.3, 0.4) is 0 Å². The second-order valence-corrected chi connectivity index (χ2v) is 4.30. The van der Waals surface area contributed by atoms with Gasteiger partial charge in [0.2, 0.25) is 0 Å². The lowest BCUT2D eigenvalue weighted by Gasteiger charge is -2.13. The molecule has 0 radical (unpaired) electrons. The second kappa shape index (κ2) is 6.69. The zero-order valence-corrected chi connectivity index (χ0v) is 11.8. The number of alkyl halides is 2. The molecular formula is C9H11BrClN3O4. The van der Waals surface area contributed by atoms with Gasteiger partial charge >= 0.3 is 11.8 Å². The first-order valence-corrected chi connectivity index (χ1v) is 6.63. The number of hydrogen-bond acceptors (Lipinski definition) is 5. The molecule has 7 nitrogen and oxygen atoms in total. The molecule has 0 fully saturated rings. The predicted molar refractivity (Wildman–Crippen MR) is 68.0 cm³/mol. The number of carbonyl (C=O) groups excluding carboxylic acids is 1. The van der Waals surface area contributed by atoms with Gasteiger partial charge in [-0.2, -0.15) is 0 Å². The molecule has 1 atom stereocenters. The molecule has 100 valence electrons. The Morgan fingerprint density at radius 2 is 2.44 bits per heavy atom. The molecule has 0 saturated carbocycles. The van der Waals surface area contributed by atoms with Gasteiger partial charge < -0.3 is 14.9 Å². The highest BCUT2D eigenvalue weighted by Gasteiger charge is 2.23. The molecule has 18 heavy (non-hydrogen) atoms. The maximum absolute atomic E-state index is 11.1. The number of rotatable bonds is 6. The van der Waals surface area contributed by atoms with Gasteiger partial charge in [-0.1, -0.05) is 15.9 Å². The third kappa shape index (κ3) is 3.67. The molecule has 0 saturated heterocycles. The quantitative estimate of drug-likeness (QED) is 0.340. The molecule has 1 rings (SSSR count). The van der Waals surface area contributed by atoms with E-state index in [0.717, 1.165) is 6.20 Å². The lowest BCUT2D eigenvalue weighted by molar-refractivity contribution is -0.392. The number of imidazole rings is 1. The van der Waals surface area contributed by atoms with E-state index in [-0.39, 0.29) is 23.6 Å². The number of esters is 1. The van der Waals surface area contributed by atoms with Crippen molar-refractivity contribution in [2.75, 3.05) is 11.2 Å². The molecule has 0 N–H and O–H groups in total. The lowest BCUT2D eigenvalue weighted by Crippen LogP contribution is -2.26. The fourth-order valence-corrected chi connectivity index (χ4v) is 1.66. The highest BCUT2D eigenvalue weighted by Crippen LogP contribution is 2.15. The average Bonchev–Trinajstić information content (AvgIpc) is 2.70. The Morgan fingerprint density at radius 1 is 1.78 bits per heavy atom. The van der Waals surface area contributed by atoms with Gasteiger partial charge in [0.1, 0.15) is 18.1 Å². The Kier molecular flexibility index (Phi) is 5.54. The third-order valence-electron chi connectivity index (χ3n) is 2.19. The summed E-state index contributed by atoms with van der Waals surface area (Å²) < 4.78 is 6.38. The highest BCUT2D eigenvalue weighted by atomic mass is 79.9. The maximum Gasteiger partial charge on any atom is 0.342 e. The van der Waals surface area contributed by atoms with E-state index in [0.29, 0.717) is 5.82 Å². The minimum Gasteiger partial charge on any atom is -0.456 e. The van der Waals surface area contributed by atoms with Crippen LogP contribution < -0.4 is 0 Å². The van der Waals surface area contributed by atoms with Gasteiger partial charge in [-0.3, -0.25) is 4.79 Å². The van der Waals surface area contributed by atoms with Crippen LogP contribution in [0.1, 0.15) is 5.82 Å². The van der Waals surface area contributed by atoms with Crippen LogP contribution in [-0.2, 0) is 16.1 Å². The summed E-state index contributed by atoms with van der Waals surface area (Å²) in [7, 11) is 0. The van der Waals surface area contributed by atoms with Gasteiger partial charge in [-0.05, 0) is 4.92 Å². The fraction of sp³-hybridized carbons (Fsp3) is 0.556. The number of hydrogen-bond donors (Lipinski definition) is 0. The second-order valence-electron chi connectivity index (χ2n) is 3.43. The first kappa shape index (κ1) is 14.9. The van der Waals surface area contributed by atoms with E-state index in [4.69, 9.17) is 16.3 Å². The summed E-state index contributed by atoms with van der Waals surface area (Å²) in [5, 5.41) is 10.8. The van der Waals surface area contributed by atoms with Crippen molar-refractivity contribution in [2.45, 2.75) is 19.6 Å². The van der Waals surface area contributed by atoms with Crippen LogP contribution in [0.25, 0.3) is 0 Å². The number of aromatic nitrogens is 2. The van der Waals surface area contributed by atoms with Crippen LogP contribution in [0.4, 0.5) is 5.82 Å². The molecule has 0 spiro atoms. The van der Waals surface area contributed by atoms with Crippen molar-refractivity contribution in [3.05, 3.63) is 22.1 Å². The summed E-state index contributed by atoms with van der Waals surface area (Å²) in [6.45, 7) is 1.73. The number of ether oxygens (including phenoxy) is 1. The molecule has 0 aliphatic rings. The number of carbonyl (C=O) groups is 1. The first-order chi connectivity index (χ1) is 8.49. The first-order valence-electron chi connectivity index (χ1n) is 4.97. The SMILES string of the molecule is Cc1ncc([N+](=O)[O-])n1CC(CCl)OC(=O)CBr. The van der Waals surface area contributed by atoms with Crippen LogP contribution in [0, 0.1) is 17.0 Å². The summed E-state index contributed by atoms with van der Waals surface area (Å²) in [5.74, 6) is -0.113. The van der Waals surface area contributed by atoms with Crippen molar-refractivity contribution >= 4 is 39.3 Å².